The second-order valence-corrected chi connectivity index (χ2v) is 6.69. The molecule has 0 aliphatic heterocycles. The third-order valence-electron chi connectivity index (χ3n) is 4.71. The molecule has 5 nitrogen and oxygen atoms in total. The zero-order valence-electron chi connectivity index (χ0n) is 15.9. The number of rotatable bonds is 6. The molecule has 28 heavy (non-hydrogen) atoms. The van der Waals surface area contributed by atoms with Crippen molar-refractivity contribution in [2.45, 2.75) is 26.4 Å². The van der Waals surface area contributed by atoms with E-state index in [1.54, 1.807) is 6.92 Å². The summed E-state index contributed by atoms with van der Waals surface area (Å²) >= 11 is 0. The molecule has 0 saturated heterocycles. The quantitative estimate of drug-likeness (QED) is 0.521. The van der Waals surface area contributed by atoms with E-state index >= 15 is 0 Å². The van der Waals surface area contributed by atoms with E-state index in [1.165, 1.54) is 11.9 Å². The van der Waals surface area contributed by atoms with Crippen LogP contribution >= 0.6 is 0 Å². The first-order chi connectivity index (χ1) is 13.7. The Morgan fingerprint density at radius 3 is 2.43 bits per heavy atom. The van der Waals surface area contributed by atoms with Gasteiger partial charge in [-0.2, -0.15) is 0 Å². The summed E-state index contributed by atoms with van der Waals surface area (Å²) in [5, 5.41) is 10.1. The van der Waals surface area contributed by atoms with Crippen LogP contribution in [0.5, 0.6) is 5.88 Å². The van der Waals surface area contributed by atoms with Crippen molar-refractivity contribution in [2.24, 2.45) is 0 Å². The molecule has 0 amide bonds. The Labute approximate surface area is 163 Å². The minimum absolute atomic E-state index is 0.102. The van der Waals surface area contributed by atoms with E-state index in [1.807, 2.05) is 30.3 Å². The number of nitrogens with zero attached hydrogens (tertiary/aromatic N) is 2. The molecule has 4 rings (SSSR count). The van der Waals surface area contributed by atoms with Gasteiger partial charge in [-0.05, 0) is 24.5 Å². The number of aromatic nitrogens is 2. The molecular weight excluding hydrogens is 352 g/mol. The summed E-state index contributed by atoms with van der Waals surface area (Å²) in [6.07, 6.45) is 2.01. The van der Waals surface area contributed by atoms with Crippen molar-refractivity contribution in [3.8, 4) is 28.3 Å². The van der Waals surface area contributed by atoms with Crippen molar-refractivity contribution in [1.82, 2.24) is 9.97 Å². The zero-order chi connectivity index (χ0) is 19.5. The minimum atomic E-state index is -0.386. The molecule has 0 aliphatic rings. The molecule has 0 aliphatic carbocycles. The van der Waals surface area contributed by atoms with Crippen LogP contribution < -0.4 is 4.74 Å². The topological polar surface area (TPSA) is 68.4 Å². The summed E-state index contributed by atoms with van der Waals surface area (Å²) in [6.45, 7) is 3.82. The fourth-order valence-corrected chi connectivity index (χ4v) is 3.20. The molecule has 0 fully saturated rings. The Morgan fingerprint density at radius 2 is 1.75 bits per heavy atom. The molecule has 142 valence electrons. The predicted octanol–water partition coefficient (Wildman–Crippen LogP) is 4.88. The van der Waals surface area contributed by atoms with Crippen LogP contribution in [-0.4, -0.2) is 27.8 Å². The average molecular weight is 374 g/mol. The smallest absolute Gasteiger partial charge is 0.234 e. The number of hydrogen-bond donors (Lipinski definition) is 1. The molecule has 4 aromatic rings. The molecular formula is C23H22N2O3. The lowest BCUT2D eigenvalue weighted by Gasteiger charge is -2.12. The molecule has 0 unspecified atom stereocenters. The van der Waals surface area contributed by atoms with Gasteiger partial charge in [-0.1, -0.05) is 61.5 Å². The van der Waals surface area contributed by atoms with Crippen LogP contribution in [0.1, 0.15) is 19.4 Å². The second-order valence-electron chi connectivity index (χ2n) is 6.69. The number of furan rings is 1. The number of aliphatic hydroxyl groups excluding tert-OH is 1. The molecule has 0 saturated carbocycles. The first kappa shape index (κ1) is 18.2. The van der Waals surface area contributed by atoms with E-state index in [-0.39, 0.29) is 12.7 Å². The van der Waals surface area contributed by atoms with Crippen LogP contribution in [0, 0.1) is 0 Å². The van der Waals surface area contributed by atoms with Gasteiger partial charge in [0.1, 0.15) is 23.6 Å². The van der Waals surface area contributed by atoms with Gasteiger partial charge in [-0.25, -0.2) is 9.97 Å². The minimum Gasteiger partial charge on any atom is -0.472 e. The van der Waals surface area contributed by atoms with Crippen molar-refractivity contribution in [2.75, 3.05) is 6.61 Å². The number of ether oxygens (including phenoxy) is 1. The molecule has 2 heterocycles. The number of aliphatic hydroxyl groups is 1. The van der Waals surface area contributed by atoms with Gasteiger partial charge in [0.05, 0.1) is 6.61 Å². The molecule has 1 atom stereocenters. The maximum absolute atomic E-state index is 9.40. The van der Waals surface area contributed by atoms with E-state index in [0.29, 0.717) is 17.0 Å². The first-order valence-corrected chi connectivity index (χ1v) is 9.41. The number of fused-ring (bicyclic) bond motifs is 1. The highest BCUT2D eigenvalue weighted by Gasteiger charge is 2.23. The van der Waals surface area contributed by atoms with Gasteiger partial charge in [0.15, 0.2) is 0 Å². The van der Waals surface area contributed by atoms with E-state index in [0.717, 1.165) is 28.9 Å². The lowest BCUT2D eigenvalue weighted by molar-refractivity contribution is 0.126. The fourth-order valence-electron chi connectivity index (χ4n) is 3.20. The Balaban J connectivity index is 1.99. The summed E-state index contributed by atoms with van der Waals surface area (Å²) in [6, 6.07) is 18.3. The Bertz CT molecular complexity index is 1070. The molecule has 5 heteroatoms. The van der Waals surface area contributed by atoms with Crippen LogP contribution in [0.4, 0.5) is 0 Å². The SMILES string of the molecule is CCc1ccc(-c2c(-c3ccccc3)oc3ncnc(O[C@H](C)CO)c23)cc1. The maximum atomic E-state index is 9.40. The van der Waals surface area contributed by atoms with Gasteiger partial charge in [-0.3, -0.25) is 0 Å². The third-order valence-corrected chi connectivity index (χ3v) is 4.71. The van der Waals surface area contributed by atoms with E-state index in [9.17, 15) is 5.11 Å². The van der Waals surface area contributed by atoms with Crippen molar-refractivity contribution >= 4 is 11.1 Å². The van der Waals surface area contributed by atoms with Crippen LogP contribution in [0.3, 0.4) is 0 Å². The lowest BCUT2D eigenvalue weighted by atomic mass is 9.98. The molecule has 2 aromatic heterocycles. The summed E-state index contributed by atoms with van der Waals surface area (Å²) < 4.78 is 12.0. The maximum Gasteiger partial charge on any atom is 0.234 e. The zero-order valence-corrected chi connectivity index (χ0v) is 15.9. The average Bonchev–Trinajstić information content (AvgIpc) is 3.15. The molecule has 0 bridgehead atoms. The first-order valence-electron chi connectivity index (χ1n) is 9.41. The number of benzene rings is 2. The van der Waals surface area contributed by atoms with E-state index < -0.39 is 0 Å². The van der Waals surface area contributed by atoms with E-state index in [4.69, 9.17) is 9.15 Å². The van der Waals surface area contributed by atoms with Crippen molar-refractivity contribution in [1.29, 1.82) is 0 Å². The van der Waals surface area contributed by atoms with Crippen molar-refractivity contribution < 1.29 is 14.3 Å². The van der Waals surface area contributed by atoms with Gasteiger partial charge in [-0.15, -0.1) is 0 Å². The standard InChI is InChI=1S/C23H22N2O3/c1-3-16-9-11-17(12-10-16)19-20-22(27-15(2)13-26)24-14-25-23(20)28-21(19)18-7-5-4-6-8-18/h4-12,14-15,26H,3,13H2,1-2H3/t15-/m1/s1. The van der Waals surface area contributed by atoms with Crippen molar-refractivity contribution in [3.63, 3.8) is 0 Å². The monoisotopic (exact) mass is 374 g/mol. The van der Waals surface area contributed by atoms with Gasteiger partial charge >= 0.3 is 0 Å². The van der Waals surface area contributed by atoms with Crippen LogP contribution in [0.25, 0.3) is 33.6 Å². The van der Waals surface area contributed by atoms with Crippen LogP contribution in [0.15, 0.2) is 65.3 Å². The Kier molecular flexibility index (Phi) is 5.08. The largest absolute Gasteiger partial charge is 0.472 e. The molecule has 2 aromatic carbocycles. The highest BCUT2D eigenvalue weighted by atomic mass is 16.5. The van der Waals surface area contributed by atoms with E-state index in [2.05, 4.69) is 41.2 Å². The third kappa shape index (κ3) is 3.37. The number of aryl methyl sites for hydroxylation is 1. The fraction of sp³-hybridized carbons (Fsp3) is 0.217. The van der Waals surface area contributed by atoms with Gasteiger partial charge < -0.3 is 14.3 Å². The highest BCUT2D eigenvalue weighted by Crippen LogP contribution is 2.43. The van der Waals surface area contributed by atoms with Crippen LogP contribution in [0.2, 0.25) is 0 Å². The summed E-state index contributed by atoms with van der Waals surface area (Å²) in [5.41, 5.74) is 4.58. The summed E-state index contributed by atoms with van der Waals surface area (Å²) in [7, 11) is 0. The van der Waals surface area contributed by atoms with Crippen LogP contribution in [-0.2, 0) is 6.42 Å². The Hall–Kier alpha value is -3.18. The lowest BCUT2D eigenvalue weighted by Crippen LogP contribution is -2.17. The predicted molar refractivity (Wildman–Crippen MR) is 109 cm³/mol. The summed E-state index contributed by atoms with van der Waals surface area (Å²) in [4.78, 5) is 8.64. The number of hydrogen-bond acceptors (Lipinski definition) is 5. The van der Waals surface area contributed by atoms with Gasteiger partial charge in [0, 0.05) is 11.1 Å². The van der Waals surface area contributed by atoms with Crippen molar-refractivity contribution in [3.05, 3.63) is 66.5 Å². The molecule has 0 spiro atoms. The van der Waals surface area contributed by atoms with Gasteiger partial charge in [0.2, 0.25) is 11.6 Å². The molecule has 0 radical (unpaired) electrons. The Morgan fingerprint density at radius 1 is 1.00 bits per heavy atom. The second kappa shape index (κ2) is 7.82. The summed E-state index contributed by atoms with van der Waals surface area (Å²) in [5.74, 6) is 1.13. The normalized spacial score (nSPS) is 12.2. The van der Waals surface area contributed by atoms with Gasteiger partial charge in [0.25, 0.3) is 0 Å². The molecule has 1 N–H and O–H groups in total. The highest BCUT2D eigenvalue weighted by molar-refractivity contribution is 6.03.